The molecule has 2 rings (SSSR count). The third-order valence-electron chi connectivity index (χ3n) is 2.85. The van der Waals surface area contributed by atoms with E-state index >= 15 is 0 Å². The van der Waals surface area contributed by atoms with Gasteiger partial charge in [-0.2, -0.15) is 13.2 Å². The van der Waals surface area contributed by atoms with Crippen LogP contribution in [0.1, 0.15) is 5.56 Å². The van der Waals surface area contributed by atoms with Crippen LogP contribution in [-0.4, -0.2) is 4.92 Å². The maximum Gasteiger partial charge on any atom is 0.418 e. The van der Waals surface area contributed by atoms with E-state index in [9.17, 15) is 23.3 Å². The largest absolute Gasteiger partial charge is 0.418 e. The molecule has 0 saturated heterocycles. The van der Waals surface area contributed by atoms with E-state index in [1.807, 2.05) is 0 Å². The van der Waals surface area contributed by atoms with Crippen LogP contribution in [0.2, 0.25) is 5.02 Å². The SMILES string of the molecule is Nc1c([N+](=O)[O-])cc(-c2ccccc2Cl)cc1C(F)(F)F. The van der Waals surface area contributed by atoms with Crippen LogP contribution in [0.25, 0.3) is 11.1 Å². The molecule has 0 aliphatic rings. The number of hydrogen-bond donors (Lipinski definition) is 1. The zero-order chi connectivity index (χ0) is 15.8. The number of nitrogens with zero attached hydrogens (tertiary/aromatic N) is 1. The average molecular weight is 317 g/mol. The molecule has 0 heterocycles. The minimum atomic E-state index is -4.80. The summed E-state index contributed by atoms with van der Waals surface area (Å²) in [4.78, 5) is 9.94. The number of benzene rings is 2. The van der Waals surface area contributed by atoms with Crippen molar-refractivity contribution < 1.29 is 18.1 Å². The van der Waals surface area contributed by atoms with E-state index in [2.05, 4.69) is 0 Å². The molecule has 2 aromatic rings. The Morgan fingerprint density at radius 3 is 2.33 bits per heavy atom. The summed E-state index contributed by atoms with van der Waals surface area (Å²) in [5.41, 5.74) is 2.52. The van der Waals surface area contributed by atoms with Crippen molar-refractivity contribution in [2.45, 2.75) is 6.18 Å². The Balaban J connectivity index is 2.77. The molecule has 4 nitrogen and oxygen atoms in total. The molecule has 0 aliphatic heterocycles. The third-order valence-corrected chi connectivity index (χ3v) is 3.17. The van der Waals surface area contributed by atoms with E-state index in [0.717, 1.165) is 12.1 Å². The fourth-order valence-electron chi connectivity index (χ4n) is 1.87. The van der Waals surface area contributed by atoms with Crippen molar-refractivity contribution >= 4 is 23.0 Å². The Labute approximate surface area is 122 Å². The van der Waals surface area contributed by atoms with Gasteiger partial charge in [-0.3, -0.25) is 10.1 Å². The molecule has 0 aliphatic carbocycles. The summed E-state index contributed by atoms with van der Waals surface area (Å²) in [6.07, 6.45) is -4.80. The van der Waals surface area contributed by atoms with E-state index in [-0.39, 0.29) is 16.1 Å². The van der Waals surface area contributed by atoms with Crippen molar-refractivity contribution in [2.24, 2.45) is 0 Å². The minimum absolute atomic E-state index is 0.0196. The Morgan fingerprint density at radius 1 is 1.19 bits per heavy atom. The highest BCUT2D eigenvalue weighted by Crippen LogP contribution is 2.42. The lowest BCUT2D eigenvalue weighted by molar-refractivity contribution is -0.384. The van der Waals surface area contributed by atoms with Gasteiger partial charge in [0.05, 0.1) is 10.5 Å². The Kier molecular flexibility index (Phi) is 3.78. The summed E-state index contributed by atoms with van der Waals surface area (Å²) < 4.78 is 38.9. The molecule has 0 radical (unpaired) electrons. The van der Waals surface area contributed by atoms with Crippen molar-refractivity contribution in [3.05, 3.63) is 57.1 Å². The van der Waals surface area contributed by atoms with Crippen LogP contribution in [0, 0.1) is 10.1 Å². The van der Waals surface area contributed by atoms with Gasteiger partial charge in [-0.15, -0.1) is 0 Å². The smallest absolute Gasteiger partial charge is 0.393 e. The van der Waals surface area contributed by atoms with E-state index in [1.54, 1.807) is 12.1 Å². The fourth-order valence-corrected chi connectivity index (χ4v) is 2.12. The van der Waals surface area contributed by atoms with Gasteiger partial charge in [0, 0.05) is 16.7 Å². The lowest BCUT2D eigenvalue weighted by Gasteiger charge is -2.13. The molecule has 2 aromatic carbocycles. The number of hydrogen-bond acceptors (Lipinski definition) is 3. The molecule has 2 N–H and O–H groups in total. The fraction of sp³-hybridized carbons (Fsp3) is 0.0769. The number of nitrogens with two attached hydrogens (primary N) is 1. The van der Waals surface area contributed by atoms with Crippen LogP contribution in [0.5, 0.6) is 0 Å². The number of nitro groups is 1. The van der Waals surface area contributed by atoms with Crippen molar-refractivity contribution in [1.82, 2.24) is 0 Å². The first-order valence-electron chi connectivity index (χ1n) is 5.62. The van der Waals surface area contributed by atoms with Gasteiger partial charge in [-0.1, -0.05) is 29.8 Å². The maximum absolute atomic E-state index is 13.0. The molecule has 0 aromatic heterocycles. The van der Waals surface area contributed by atoms with Crippen LogP contribution >= 0.6 is 11.6 Å². The number of alkyl halides is 3. The summed E-state index contributed by atoms with van der Waals surface area (Å²) in [5.74, 6) is 0. The lowest BCUT2D eigenvalue weighted by atomic mass is 10.00. The topological polar surface area (TPSA) is 69.2 Å². The van der Waals surface area contributed by atoms with E-state index in [4.69, 9.17) is 17.3 Å². The van der Waals surface area contributed by atoms with Gasteiger partial charge in [0.15, 0.2) is 0 Å². The first-order chi connectivity index (χ1) is 9.71. The Bertz CT molecular complexity index is 717. The molecule has 8 heteroatoms. The third kappa shape index (κ3) is 2.92. The highest BCUT2D eigenvalue weighted by atomic mass is 35.5. The molecule has 0 unspecified atom stereocenters. The van der Waals surface area contributed by atoms with Crippen molar-refractivity contribution in [1.29, 1.82) is 0 Å². The molecule has 0 spiro atoms. The summed E-state index contributed by atoms with van der Waals surface area (Å²) in [7, 11) is 0. The number of halogens is 4. The summed E-state index contributed by atoms with van der Waals surface area (Å²) in [6, 6.07) is 7.85. The van der Waals surface area contributed by atoms with Gasteiger partial charge < -0.3 is 5.73 Å². The number of anilines is 1. The van der Waals surface area contributed by atoms with Gasteiger partial charge >= 0.3 is 6.18 Å². The molecule has 0 fully saturated rings. The van der Waals surface area contributed by atoms with E-state index < -0.39 is 28.0 Å². The first-order valence-corrected chi connectivity index (χ1v) is 5.99. The molecule has 110 valence electrons. The van der Waals surface area contributed by atoms with Crippen LogP contribution in [-0.2, 0) is 6.18 Å². The zero-order valence-electron chi connectivity index (χ0n) is 10.3. The van der Waals surface area contributed by atoms with Crippen LogP contribution in [0.4, 0.5) is 24.5 Å². The van der Waals surface area contributed by atoms with Crippen molar-refractivity contribution in [2.75, 3.05) is 5.73 Å². The second-order valence-corrected chi connectivity index (χ2v) is 4.60. The molecule has 0 bridgehead atoms. The summed E-state index contributed by atoms with van der Waals surface area (Å²) in [6.45, 7) is 0. The predicted octanol–water partition coefficient (Wildman–Crippen LogP) is 4.52. The lowest BCUT2D eigenvalue weighted by Crippen LogP contribution is -2.11. The van der Waals surface area contributed by atoms with Crippen LogP contribution in [0.3, 0.4) is 0 Å². The first kappa shape index (κ1) is 15.1. The van der Waals surface area contributed by atoms with Crippen LogP contribution < -0.4 is 5.73 Å². The normalized spacial score (nSPS) is 11.4. The molecular formula is C13H8ClF3N2O2. The second-order valence-electron chi connectivity index (χ2n) is 4.19. The van der Waals surface area contributed by atoms with Gasteiger partial charge in [-0.25, -0.2) is 0 Å². The van der Waals surface area contributed by atoms with Crippen molar-refractivity contribution in [3.8, 4) is 11.1 Å². The molecule has 0 amide bonds. The minimum Gasteiger partial charge on any atom is -0.393 e. The number of rotatable bonds is 2. The number of nitro benzene ring substituents is 1. The van der Waals surface area contributed by atoms with Gasteiger partial charge in [0.1, 0.15) is 5.69 Å². The zero-order valence-corrected chi connectivity index (χ0v) is 11.1. The number of nitrogen functional groups attached to an aromatic ring is 1. The molecule has 0 atom stereocenters. The van der Waals surface area contributed by atoms with Crippen LogP contribution in [0.15, 0.2) is 36.4 Å². The standard InChI is InChI=1S/C13H8ClF3N2O2/c14-10-4-2-1-3-8(10)7-5-9(13(15,16)17)12(18)11(6-7)19(20)21/h1-6H,18H2. The summed E-state index contributed by atoms with van der Waals surface area (Å²) in [5, 5.41) is 11.1. The maximum atomic E-state index is 13.0. The molecule has 0 saturated carbocycles. The predicted molar refractivity (Wildman–Crippen MR) is 73.0 cm³/mol. The Hall–Kier alpha value is -2.28. The second kappa shape index (κ2) is 5.25. The molecule has 21 heavy (non-hydrogen) atoms. The highest BCUT2D eigenvalue weighted by Gasteiger charge is 2.36. The van der Waals surface area contributed by atoms with E-state index in [0.29, 0.717) is 0 Å². The quantitative estimate of drug-likeness (QED) is 0.503. The van der Waals surface area contributed by atoms with Gasteiger partial charge in [0.25, 0.3) is 5.69 Å². The monoisotopic (exact) mass is 316 g/mol. The highest BCUT2D eigenvalue weighted by molar-refractivity contribution is 6.33. The molecular weight excluding hydrogens is 309 g/mol. The van der Waals surface area contributed by atoms with Gasteiger partial charge in [-0.05, 0) is 17.7 Å². The van der Waals surface area contributed by atoms with Crippen molar-refractivity contribution in [3.63, 3.8) is 0 Å². The Morgan fingerprint density at radius 2 is 1.81 bits per heavy atom. The van der Waals surface area contributed by atoms with Gasteiger partial charge in [0.2, 0.25) is 0 Å². The average Bonchev–Trinajstić information content (AvgIpc) is 2.38. The van der Waals surface area contributed by atoms with E-state index in [1.165, 1.54) is 12.1 Å². The summed E-state index contributed by atoms with van der Waals surface area (Å²) >= 11 is 5.91.